The van der Waals surface area contributed by atoms with Gasteiger partial charge in [0.05, 0.1) is 37.2 Å². The number of anilines is 1. The summed E-state index contributed by atoms with van der Waals surface area (Å²) in [5.74, 6) is 1.16. The van der Waals surface area contributed by atoms with E-state index >= 15 is 0 Å². The molecule has 0 aliphatic carbocycles. The van der Waals surface area contributed by atoms with Crippen LogP contribution < -0.4 is 29.7 Å². The minimum Gasteiger partial charge on any atom is -0.497 e. The van der Waals surface area contributed by atoms with Gasteiger partial charge in [-0.2, -0.15) is 5.10 Å². The van der Waals surface area contributed by atoms with Crippen LogP contribution in [-0.2, 0) is 4.79 Å². The third-order valence-corrected chi connectivity index (χ3v) is 5.36. The van der Waals surface area contributed by atoms with E-state index in [2.05, 4.69) is 31.8 Å². The molecular formula is C26H26BrN3O6. The molecule has 0 bridgehead atoms. The summed E-state index contributed by atoms with van der Waals surface area (Å²) in [6.07, 6.45) is 1.48. The van der Waals surface area contributed by atoms with Crippen LogP contribution in [0.25, 0.3) is 0 Å². The van der Waals surface area contributed by atoms with Crippen LogP contribution in [0.2, 0.25) is 0 Å². The lowest BCUT2D eigenvalue weighted by molar-refractivity contribution is -0.118. The highest BCUT2D eigenvalue weighted by molar-refractivity contribution is 9.10. The minimum atomic E-state index is -0.379. The highest BCUT2D eigenvalue weighted by Crippen LogP contribution is 2.36. The van der Waals surface area contributed by atoms with Crippen molar-refractivity contribution in [2.45, 2.75) is 6.92 Å². The van der Waals surface area contributed by atoms with E-state index in [0.29, 0.717) is 50.9 Å². The van der Waals surface area contributed by atoms with E-state index in [1.807, 2.05) is 13.0 Å². The molecule has 10 heteroatoms. The molecule has 3 aromatic carbocycles. The molecule has 0 saturated carbocycles. The molecule has 188 valence electrons. The summed E-state index contributed by atoms with van der Waals surface area (Å²) < 4.78 is 22.4. The number of carbonyl (C=O) groups excluding carboxylic acids is 2. The van der Waals surface area contributed by atoms with Gasteiger partial charge >= 0.3 is 0 Å². The lowest BCUT2D eigenvalue weighted by Crippen LogP contribution is -2.21. The molecule has 0 radical (unpaired) electrons. The highest BCUT2D eigenvalue weighted by Gasteiger charge is 2.15. The van der Waals surface area contributed by atoms with Gasteiger partial charge in [0.15, 0.2) is 18.1 Å². The van der Waals surface area contributed by atoms with Crippen molar-refractivity contribution in [1.82, 2.24) is 5.43 Å². The van der Waals surface area contributed by atoms with Gasteiger partial charge in [-0.1, -0.05) is 18.2 Å². The molecule has 0 aliphatic rings. The van der Waals surface area contributed by atoms with Crippen LogP contribution >= 0.6 is 15.9 Å². The summed E-state index contributed by atoms with van der Waals surface area (Å²) in [6, 6.07) is 17.3. The number of hydrogen-bond donors (Lipinski definition) is 2. The third-order valence-electron chi connectivity index (χ3n) is 4.77. The van der Waals surface area contributed by atoms with Crippen molar-refractivity contribution in [1.29, 1.82) is 0 Å². The minimum absolute atomic E-state index is 0.249. The number of ether oxygens (including phenoxy) is 4. The zero-order chi connectivity index (χ0) is 25.9. The Kier molecular flexibility index (Phi) is 9.70. The van der Waals surface area contributed by atoms with Crippen LogP contribution in [0, 0.1) is 0 Å². The highest BCUT2D eigenvalue weighted by atomic mass is 79.9. The van der Waals surface area contributed by atoms with Crippen molar-refractivity contribution < 1.29 is 28.5 Å². The van der Waals surface area contributed by atoms with Gasteiger partial charge in [0, 0.05) is 5.56 Å². The van der Waals surface area contributed by atoms with Gasteiger partial charge in [-0.25, -0.2) is 5.43 Å². The Hall–Kier alpha value is -4.05. The molecule has 2 amide bonds. The Morgan fingerprint density at radius 1 is 0.972 bits per heavy atom. The van der Waals surface area contributed by atoms with Gasteiger partial charge in [0.1, 0.15) is 11.5 Å². The Morgan fingerprint density at radius 3 is 2.53 bits per heavy atom. The van der Waals surface area contributed by atoms with E-state index in [4.69, 9.17) is 18.9 Å². The average molecular weight is 556 g/mol. The molecule has 3 rings (SSSR count). The van der Waals surface area contributed by atoms with Crippen LogP contribution in [0.5, 0.6) is 23.0 Å². The molecule has 0 aliphatic heterocycles. The smallest absolute Gasteiger partial charge is 0.271 e. The van der Waals surface area contributed by atoms with E-state index in [-0.39, 0.29) is 18.4 Å². The molecule has 0 saturated heterocycles. The second kappa shape index (κ2) is 13.1. The number of hydrogen-bond acceptors (Lipinski definition) is 7. The van der Waals surface area contributed by atoms with Crippen molar-refractivity contribution in [3.63, 3.8) is 0 Å². The Balaban J connectivity index is 1.67. The van der Waals surface area contributed by atoms with Gasteiger partial charge in [-0.05, 0) is 70.9 Å². The summed E-state index contributed by atoms with van der Waals surface area (Å²) >= 11 is 3.46. The maximum absolute atomic E-state index is 12.4. The molecule has 0 heterocycles. The maximum atomic E-state index is 12.4. The SMILES string of the molecule is CCOc1cc(/C=N/NC(=O)c2cccc(OC)c2)cc(Br)c1OCC(=O)Nc1ccccc1OC. The van der Waals surface area contributed by atoms with Gasteiger partial charge in [0.25, 0.3) is 11.8 Å². The predicted molar refractivity (Wildman–Crippen MR) is 140 cm³/mol. The van der Waals surface area contributed by atoms with E-state index in [1.165, 1.54) is 20.4 Å². The number of methoxy groups -OCH3 is 2. The van der Waals surface area contributed by atoms with E-state index in [1.54, 1.807) is 54.6 Å². The summed E-state index contributed by atoms with van der Waals surface area (Å²) in [7, 11) is 3.06. The summed E-state index contributed by atoms with van der Waals surface area (Å²) in [5, 5.41) is 6.78. The first-order valence-corrected chi connectivity index (χ1v) is 11.7. The van der Waals surface area contributed by atoms with E-state index < -0.39 is 0 Å². The summed E-state index contributed by atoms with van der Waals surface area (Å²) in [4.78, 5) is 24.8. The number of para-hydroxylation sites is 2. The quantitative estimate of drug-likeness (QED) is 0.263. The number of benzene rings is 3. The number of amides is 2. The molecule has 2 N–H and O–H groups in total. The molecular weight excluding hydrogens is 530 g/mol. The van der Waals surface area contributed by atoms with E-state index in [9.17, 15) is 9.59 Å². The first-order chi connectivity index (χ1) is 17.4. The normalized spacial score (nSPS) is 10.6. The lowest BCUT2D eigenvalue weighted by Gasteiger charge is -2.15. The zero-order valence-corrected chi connectivity index (χ0v) is 21.6. The van der Waals surface area contributed by atoms with Gasteiger partial charge < -0.3 is 24.3 Å². The zero-order valence-electron chi connectivity index (χ0n) is 20.0. The number of nitrogens with one attached hydrogen (secondary N) is 2. The topological polar surface area (TPSA) is 107 Å². The summed E-state index contributed by atoms with van der Waals surface area (Å²) in [6.45, 7) is 1.96. The number of hydrazone groups is 1. The van der Waals surface area contributed by atoms with Crippen molar-refractivity contribution in [2.75, 3.05) is 32.8 Å². The Bertz CT molecular complexity index is 1250. The average Bonchev–Trinajstić information content (AvgIpc) is 2.88. The first kappa shape index (κ1) is 26.6. The standard InChI is InChI=1S/C26H26BrN3O6/c1-4-35-23-13-17(15-28-30-26(32)18-8-7-9-19(14-18)33-2)12-20(27)25(23)36-16-24(31)29-21-10-5-6-11-22(21)34-3/h5-15H,4,16H2,1-3H3,(H,29,31)(H,30,32)/b28-15+. The first-order valence-electron chi connectivity index (χ1n) is 10.9. The Labute approximate surface area is 217 Å². The number of nitrogens with zero attached hydrogens (tertiary/aromatic N) is 1. The van der Waals surface area contributed by atoms with Gasteiger partial charge in [-0.3, -0.25) is 9.59 Å². The molecule has 36 heavy (non-hydrogen) atoms. The molecule has 0 spiro atoms. The van der Waals surface area contributed by atoms with Crippen molar-refractivity contribution in [2.24, 2.45) is 5.10 Å². The Morgan fingerprint density at radius 2 is 1.78 bits per heavy atom. The van der Waals surface area contributed by atoms with Crippen LogP contribution in [0.4, 0.5) is 5.69 Å². The van der Waals surface area contributed by atoms with Crippen LogP contribution in [0.1, 0.15) is 22.8 Å². The van der Waals surface area contributed by atoms with Crippen LogP contribution in [0.15, 0.2) is 70.2 Å². The lowest BCUT2D eigenvalue weighted by atomic mass is 10.2. The maximum Gasteiger partial charge on any atom is 0.271 e. The fourth-order valence-electron chi connectivity index (χ4n) is 3.13. The van der Waals surface area contributed by atoms with Gasteiger partial charge in [0.2, 0.25) is 0 Å². The fraction of sp³-hybridized carbons (Fsp3) is 0.192. The van der Waals surface area contributed by atoms with Crippen LogP contribution in [0.3, 0.4) is 0 Å². The fourth-order valence-corrected chi connectivity index (χ4v) is 3.71. The summed E-state index contributed by atoms with van der Waals surface area (Å²) in [5.41, 5.74) is 4.08. The molecule has 0 aromatic heterocycles. The largest absolute Gasteiger partial charge is 0.497 e. The van der Waals surface area contributed by atoms with Crippen molar-refractivity contribution >= 4 is 39.6 Å². The predicted octanol–water partition coefficient (Wildman–Crippen LogP) is 4.65. The molecule has 0 atom stereocenters. The number of carbonyl (C=O) groups is 2. The van der Waals surface area contributed by atoms with Crippen molar-refractivity contribution in [3.05, 3.63) is 76.3 Å². The monoisotopic (exact) mass is 555 g/mol. The molecule has 0 fully saturated rings. The molecule has 3 aromatic rings. The molecule has 9 nitrogen and oxygen atoms in total. The number of halogens is 1. The van der Waals surface area contributed by atoms with Crippen LogP contribution in [-0.4, -0.2) is 45.5 Å². The second-order valence-corrected chi connectivity index (χ2v) is 8.09. The molecule has 0 unspecified atom stereocenters. The van der Waals surface area contributed by atoms with Crippen molar-refractivity contribution in [3.8, 4) is 23.0 Å². The third kappa shape index (κ3) is 7.22. The second-order valence-electron chi connectivity index (χ2n) is 7.23. The van der Waals surface area contributed by atoms with E-state index in [0.717, 1.165) is 0 Å². The number of rotatable bonds is 11. The van der Waals surface area contributed by atoms with Gasteiger partial charge in [-0.15, -0.1) is 0 Å².